The van der Waals surface area contributed by atoms with E-state index in [9.17, 15) is 8.42 Å². The molecule has 0 aliphatic carbocycles. The van der Waals surface area contributed by atoms with E-state index < -0.39 is 10.0 Å². The van der Waals surface area contributed by atoms with E-state index >= 15 is 0 Å². The fourth-order valence-electron chi connectivity index (χ4n) is 3.86. The summed E-state index contributed by atoms with van der Waals surface area (Å²) in [6.45, 7) is 1.81. The second kappa shape index (κ2) is 8.20. The van der Waals surface area contributed by atoms with Crippen molar-refractivity contribution >= 4 is 49.0 Å². The van der Waals surface area contributed by atoms with Crippen LogP contribution in [0.15, 0.2) is 71.2 Å². The molecule has 2 aromatic heterocycles. The van der Waals surface area contributed by atoms with Crippen LogP contribution in [-0.2, 0) is 10.0 Å². The van der Waals surface area contributed by atoms with Crippen LogP contribution in [-0.4, -0.2) is 48.9 Å². The number of rotatable bonds is 4. The quantitative estimate of drug-likeness (QED) is 0.438. The maximum Gasteiger partial charge on any atom is 0.244 e. The van der Waals surface area contributed by atoms with Crippen molar-refractivity contribution in [3.8, 4) is 11.1 Å². The molecule has 0 amide bonds. The van der Waals surface area contributed by atoms with Gasteiger partial charge in [-0.3, -0.25) is 0 Å². The number of nitrogens with zero attached hydrogens (tertiary/aromatic N) is 4. The largest absolute Gasteiger partial charge is 0.353 e. The zero-order chi connectivity index (χ0) is 21.4. The molecule has 0 spiro atoms. The number of halogens is 1. The van der Waals surface area contributed by atoms with Crippen LogP contribution in [0.25, 0.3) is 21.3 Å². The van der Waals surface area contributed by atoms with Crippen molar-refractivity contribution in [3.63, 3.8) is 0 Å². The van der Waals surface area contributed by atoms with Crippen molar-refractivity contribution in [2.75, 3.05) is 31.1 Å². The third kappa shape index (κ3) is 3.70. The van der Waals surface area contributed by atoms with Gasteiger partial charge in [-0.05, 0) is 17.7 Å². The summed E-state index contributed by atoms with van der Waals surface area (Å²) in [6, 6.07) is 16.7. The van der Waals surface area contributed by atoms with Gasteiger partial charge >= 0.3 is 0 Å². The molecule has 31 heavy (non-hydrogen) atoms. The highest BCUT2D eigenvalue weighted by atomic mass is 35.5. The monoisotopic (exact) mass is 470 g/mol. The van der Waals surface area contributed by atoms with Crippen molar-refractivity contribution in [1.82, 2.24) is 14.3 Å². The molecule has 9 heteroatoms. The fraction of sp³-hybridized carbons (Fsp3) is 0.182. The summed E-state index contributed by atoms with van der Waals surface area (Å²) < 4.78 is 27.6. The number of fused-ring (bicyclic) bond motifs is 1. The van der Waals surface area contributed by atoms with Gasteiger partial charge < -0.3 is 4.90 Å². The Hall–Kier alpha value is -2.52. The van der Waals surface area contributed by atoms with Gasteiger partial charge in [-0.2, -0.15) is 4.31 Å². The van der Waals surface area contributed by atoms with Gasteiger partial charge in [-0.15, -0.1) is 11.3 Å². The van der Waals surface area contributed by atoms with E-state index in [0.29, 0.717) is 26.2 Å². The first-order chi connectivity index (χ1) is 15.1. The molecule has 3 heterocycles. The Kier molecular flexibility index (Phi) is 5.39. The summed E-state index contributed by atoms with van der Waals surface area (Å²) in [5.41, 5.74) is 2.21. The lowest BCUT2D eigenvalue weighted by Crippen LogP contribution is -2.49. The summed E-state index contributed by atoms with van der Waals surface area (Å²) in [6.07, 6.45) is 1.58. The summed E-state index contributed by atoms with van der Waals surface area (Å²) in [7, 11) is -3.64. The number of hydrogen-bond acceptors (Lipinski definition) is 6. The molecule has 0 bridgehead atoms. The zero-order valence-electron chi connectivity index (χ0n) is 16.5. The molecule has 0 atom stereocenters. The first-order valence-electron chi connectivity index (χ1n) is 9.83. The summed E-state index contributed by atoms with van der Waals surface area (Å²) in [5.74, 6) is 0.847. The maximum absolute atomic E-state index is 13.1. The van der Waals surface area contributed by atoms with E-state index in [1.54, 1.807) is 41.9 Å². The van der Waals surface area contributed by atoms with Gasteiger partial charge in [-0.25, -0.2) is 18.4 Å². The van der Waals surface area contributed by atoms with E-state index in [-0.39, 0.29) is 9.92 Å². The molecule has 2 aromatic carbocycles. The molecule has 5 rings (SSSR count). The molecule has 0 radical (unpaired) electrons. The lowest BCUT2D eigenvalue weighted by Gasteiger charge is -2.35. The second-order valence-electron chi connectivity index (χ2n) is 7.21. The van der Waals surface area contributed by atoms with Crippen LogP contribution < -0.4 is 4.90 Å². The van der Waals surface area contributed by atoms with E-state index in [0.717, 1.165) is 27.2 Å². The molecule has 6 nitrogen and oxygen atoms in total. The van der Waals surface area contributed by atoms with Crippen LogP contribution in [0.1, 0.15) is 0 Å². The van der Waals surface area contributed by atoms with E-state index in [4.69, 9.17) is 11.6 Å². The van der Waals surface area contributed by atoms with Gasteiger partial charge in [0.25, 0.3) is 0 Å². The summed E-state index contributed by atoms with van der Waals surface area (Å²) >= 11 is 7.74. The molecule has 1 saturated heterocycles. The van der Waals surface area contributed by atoms with Crippen LogP contribution in [0.4, 0.5) is 5.82 Å². The van der Waals surface area contributed by atoms with Crippen molar-refractivity contribution < 1.29 is 8.42 Å². The fourth-order valence-corrected chi connectivity index (χ4v) is 6.69. The molecule has 1 aliphatic rings. The van der Waals surface area contributed by atoms with Crippen LogP contribution in [0.3, 0.4) is 0 Å². The van der Waals surface area contributed by atoms with Crippen LogP contribution in [0.5, 0.6) is 0 Å². The Bertz CT molecular complexity index is 1330. The minimum atomic E-state index is -3.64. The first kappa shape index (κ1) is 20.4. The van der Waals surface area contributed by atoms with Crippen molar-refractivity contribution in [1.29, 1.82) is 0 Å². The molecule has 0 unspecified atom stereocenters. The summed E-state index contributed by atoms with van der Waals surface area (Å²) in [5, 5.41) is 3.37. The Morgan fingerprint density at radius 2 is 1.61 bits per heavy atom. The number of aromatic nitrogens is 2. The third-order valence-corrected chi connectivity index (χ3v) is 8.71. The number of sulfonamides is 1. The topological polar surface area (TPSA) is 66.4 Å². The van der Waals surface area contributed by atoms with Crippen molar-refractivity contribution in [2.45, 2.75) is 4.90 Å². The van der Waals surface area contributed by atoms with Gasteiger partial charge in [0.15, 0.2) is 0 Å². The Balaban J connectivity index is 1.44. The van der Waals surface area contributed by atoms with Gasteiger partial charge in [0.05, 0.1) is 10.4 Å². The molecule has 0 N–H and O–H groups in total. The minimum absolute atomic E-state index is 0.152. The Morgan fingerprint density at radius 1 is 0.903 bits per heavy atom. The molecular weight excluding hydrogens is 452 g/mol. The number of thiophene rings is 1. The highest BCUT2D eigenvalue weighted by Gasteiger charge is 2.31. The second-order valence-corrected chi connectivity index (χ2v) is 10.4. The molecule has 158 valence electrons. The molecular formula is C22H19ClN4O2S2. The first-order valence-corrected chi connectivity index (χ1v) is 12.5. The van der Waals surface area contributed by atoms with E-state index in [1.165, 1.54) is 4.31 Å². The lowest BCUT2D eigenvalue weighted by molar-refractivity contribution is 0.384. The zero-order valence-corrected chi connectivity index (χ0v) is 18.9. The van der Waals surface area contributed by atoms with Gasteiger partial charge in [-0.1, -0.05) is 54.1 Å². The number of benzene rings is 2. The Morgan fingerprint density at radius 3 is 2.35 bits per heavy atom. The standard InChI is InChI=1S/C22H19ClN4O2S2/c23-18-8-4-5-9-19(18)31(28,29)27-12-10-26(11-13-27)21-20-17(16-6-2-1-3-7-16)14-30-22(20)25-15-24-21/h1-9,14-15H,10-13H2. The smallest absolute Gasteiger partial charge is 0.244 e. The average Bonchev–Trinajstić information content (AvgIpc) is 3.24. The van der Waals surface area contributed by atoms with Gasteiger partial charge in [0, 0.05) is 37.1 Å². The molecule has 1 fully saturated rings. The number of hydrogen-bond donors (Lipinski definition) is 0. The van der Waals surface area contributed by atoms with Gasteiger partial charge in [0.2, 0.25) is 10.0 Å². The lowest BCUT2D eigenvalue weighted by atomic mass is 10.1. The molecule has 0 saturated carbocycles. The highest BCUT2D eigenvalue weighted by molar-refractivity contribution is 7.89. The van der Waals surface area contributed by atoms with Crippen molar-refractivity contribution in [2.24, 2.45) is 0 Å². The predicted molar refractivity (Wildman–Crippen MR) is 125 cm³/mol. The van der Waals surface area contributed by atoms with E-state index in [1.807, 2.05) is 18.2 Å². The highest BCUT2D eigenvalue weighted by Crippen LogP contribution is 2.38. The minimum Gasteiger partial charge on any atom is -0.353 e. The average molecular weight is 471 g/mol. The predicted octanol–water partition coefficient (Wildman–Crippen LogP) is 4.52. The van der Waals surface area contributed by atoms with Crippen LogP contribution in [0, 0.1) is 0 Å². The van der Waals surface area contributed by atoms with Gasteiger partial charge in [0.1, 0.15) is 21.9 Å². The van der Waals surface area contributed by atoms with Crippen LogP contribution in [0.2, 0.25) is 5.02 Å². The molecule has 4 aromatic rings. The normalized spacial score (nSPS) is 15.5. The van der Waals surface area contributed by atoms with Crippen LogP contribution >= 0.6 is 22.9 Å². The maximum atomic E-state index is 13.1. The molecule has 1 aliphatic heterocycles. The van der Waals surface area contributed by atoms with E-state index in [2.05, 4.69) is 32.4 Å². The summed E-state index contributed by atoms with van der Waals surface area (Å²) in [4.78, 5) is 12.2. The van der Waals surface area contributed by atoms with Crippen molar-refractivity contribution in [3.05, 3.63) is 71.3 Å². The SMILES string of the molecule is O=S(=O)(c1ccccc1Cl)N1CCN(c2ncnc3scc(-c4ccccc4)c23)CC1. The number of anilines is 1. The Labute approximate surface area is 189 Å². The third-order valence-electron chi connectivity index (χ3n) is 5.43. The number of piperazine rings is 1.